The van der Waals surface area contributed by atoms with E-state index in [4.69, 9.17) is 9.84 Å². The van der Waals surface area contributed by atoms with Gasteiger partial charge in [0.05, 0.1) is 26.5 Å². The van der Waals surface area contributed by atoms with E-state index < -0.39 is 10.0 Å². The van der Waals surface area contributed by atoms with Crippen molar-refractivity contribution in [2.24, 2.45) is 5.92 Å². The highest BCUT2D eigenvalue weighted by Crippen LogP contribution is 2.35. The van der Waals surface area contributed by atoms with E-state index in [1.807, 2.05) is 12.1 Å². The molecule has 1 aromatic carbocycles. The molecule has 0 atom stereocenters. The van der Waals surface area contributed by atoms with E-state index in [0.717, 1.165) is 17.3 Å². The molecule has 29 heavy (non-hydrogen) atoms. The number of hydrogen-bond acceptors (Lipinski definition) is 6. The first-order valence-electron chi connectivity index (χ1n) is 9.42. The first-order valence-corrected chi connectivity index (χ1v) is 11.7. The van der Waals surface area contributed by atoms with E-state index in [9.17, 15) is 12.8 Å². The lowest BCUT2D eigenvalue weighted by atomic mass is 9.81. The van der Waals surface area contributed by atoms with Crippen LogP contribution in [0.2, 0.25) is 0 Å². The number of aromatic nitrogens is 1. The molecule has 160 valence electrons. The Hall–Kier alpha value is -1.33. The van der Waals surface area contributed by atoms with Gasteiger partial charge in [0.2, 0.25) is 10.0 Å². The van der Waals surface area contributed by atoms with Crippen LogP contribution >= 0.6 is 15.9 Å². The van der Waals surface area contributed by atoms with Gasteiger partial charge in [0.1, 0.15) is 10.7 Å². The Morgan fingerprint density at radius 3 is 2.79 bits per heavy atom. The summed E-state index contributed by atoms with van der Waals surface area (Å²) in [4.78, 5) is 4.49. The third-order valence-corrected chi connectivity index (χ3v) is 7.46. The van der Waals surface area contributed by atoms with Crippen molar-refractivity contribution in [3.63, 3.8) is 0 Å². The van der Waals surface area contributed by atoms with Crippen LogP contribution in [0.25, 0.3) is 10.8 Å². The number of fused-ring (bicyclic) bond motifs is 1. The summed E-state index contributed by atoms with van der Waals surface area (Å²) in [6.07, 6.45) is 2.85. The summed E-state index contributed by atoms with van der Waals surface area (Å²) in [5, 5.41) is 13.3. The van der Waals surface area contributed by atoms with Crippen molar-refractivity contribution in [2.45, 2.75) is 23.8 Å². The second kappa shape index (κ2) is 9.65. The number of sulfonamides is 1. The van der Waals surface area contributed by atoms with Gasteiger partial charge in [-0.15, -0.1) is 0 Å². The molecule has 1 aliphatic carbocycles. The zero-order chi connectivity index (χ0) is 21.0. The van der Waals surface area contributed by atoms with Crippen molar-refractivity contribution in [2.75, 3.05) is 45.4 Å². The van der Waals surface area contributed by atoms with E-state index in [1.54, 1.807) is 6.07 Å². The molecule has 1 saturated carbocycles. The predicted octanol–water partition coefficient (Wildman–Crippen LogP) is 2.79. The molecule has 0 radical (unpaired) electrons. The molecule has 2 aromatic rings. The van der Waals surface area contributed by atoms with Crippen molar-refractivity contribution >= 4 is 42.5 Å². The van der Waals surface area contributed by atoms with E-state index in [2.05, 4.69) is 26.2 Å². The smallest absolute Gasteiger partial charge is 0.245 e. The molecule has 0 amide bonds. The topological polar surface area (TPSA) is 91.8 Å². The SMILES string of the molecule is CN(CCOCCO)S(=O)(=O)c1cnc(NC2CC(CF)C2)c2ccc(Br)cc12. The quantitative estimate of drug-likeness (QED) is 0.498. The maximum atomic E-state index is 13.1. The summed E-state index contributed by atoms with van der Waals surface area (Å²) in [5.74, 6) is 0.692. The lowest BCUT2D eigenvalue weighted by molar-refractivity contribution is 0.0877. The largest absolute Gasteiger partial charge is 0.394 e. The molecule has 0 bridgehead atoms. The third kappa shape index (κ3) is 5.05. The van der Waals surface area contributed by atoms with Gasteiger partial charge in [0.15, 0.2) is 0 Å². The van der Waals surface area contributed by atoms with Crippen LogP contribution in [-0.2, 0) is 14.8 Å². The molecular formula is C19H25BrFN3O4S. The zero-order valence-corrected chi connectivity index (χ0v) is 18.5. The molecule has 0 spiro atoms. The summed E-state index contributed by atoms with van der Waals surface area (Å²) in [5.41, 5.74) is 0. The number of likely N-dealkylation sites (N-methyl/N-ethyl adjacent to an activating group) is 1. The van der Waals surface area contributed by atoms with E-state index in [0.29, 0.717) is 16.6 Å². The van der Waals surface area contributed by atoms with Crippen molar-refractivity contribution in [1.29, 1.82) is 0 Å². The number of pyridine rings is 1. The predicted molar refractivity (Wildman–Crippen MR) is 113 cm³/mol. The summed E-state index contributed by atoms with van der Waals surface area (Å²) >= 11 is 3.41. The van der Waals surface area contributed by atoms with Gasteiger partial charge in [-0.1, -0.05) is 15.9 Å². The molecule has 1 aliphatic rings. The van der Waals surface area contributed by atoms with Crippen LogP contribution in [0.1, 0.15) is 12.8 Å². The van der Waals surface area contributed by atoms with Crippen molar-refractivity contribution in [3.8, 4) is 0 Å². The number of aliphatic hydroxyl groups excluding tert-OH is 1. The summed E-state index contributed by atoms with van der Waals surface area (Å²) in [6.45, 7) is 0.0778. The summed E-state index contributed by atoms with van der Waals surface area (Å²) in [7, 11) is -2.30. The van der Waals surface area contributed by atoms with Crippen LogP contribution in [-0.4, -0.2) is 68.9 Å². The minimum absolute atomic E-state index is 0.0919. The van der Waals surface area contributed by atoms with Gasteiger partial charge in [-0.3, -0.25) is 4.39 Å². The van der Waals surface area contributed by atoms with Crippen molar-refractivity contribution < 1.29 is 22.7 Å². The number of alkyl halides is 1. The maximum Gasteiger partial charge on any atom is 0.245 e. The van der Waals surface area contributed by atoms with Gasteiger partial charge in [-0.05, 0) is 37.0 Å². The standard InChI is InChI=1S/C19H25BrFN3O4S/c1-24(4-6-28-7-5-25)29(26,27)18-12-22-19(23-15-8-13(9-15)11-21)16-3-2-14(20)10-17(16)18/h2-3,10,12-13,15,25H,4-9,11H2,1H3,(H,22,23). The monoisotopic (exact) mass is 489 g/mol. The highest BCUT2D eigenvalue weighted by Gasteiger charge is 2.30. The van der Waals surface area contributed by atoms with Crippen LogP contribution in [0.15, 0.2) is 33.8 Å². The summed E-state index contributed by atoms with van der Waals surface area (Å²) in [6, 6.07) is 5.56. The van der Waals surface area contributed by atoms with Gasteiger partial charge in [-0.2, -0.15) is 4.31 Å². The number of aliphatic hydroxyl groups is 1. The first-order chi connectivity index (χ1) is 13.9. The van der Waals surface area contributed by atoms with Gasteiger partial charge < -0.3 is 15.2 Å². The number of benzene rings is 1. The molecule has 0 saturated heterocycles. The number of halogens is 2. The van der Waals surface area contributed by atoms with Crippen LogP contribution in [0.3, 0.4) is 0 Å². The third-order valence-electron chi connectivity index (χ3n) is 5.08. The normalized spacial score (nSPS) is 19.5. The van der Waals surface area contributed by atoms with Crippen LogP contribution in [0.4, 0.5) is 10.2 Å². The minimum Gasteiger partial charge on any atom is -0.394 e. The van der Waals surface area contributed by atoms with Crippen LogP contribution < -0.4 is 5.32 Å². The fraction of sp³-hybridized carbons (Fsp3) is 0.526. The number of nitrogens with one attached hydrogen (secondary N) is 1. The Morgan fingerprint density at radius 1 is 1.34 bits per heavy atom. The highest BCUT2D eigenvalue weighted by molar-refractivity contribution is 9.10. The second-order valence-corrected chi connectivity index (χ2v) is 10.1. The molecule has 1 fully saturated rings. The summed E-state index contributed by atoms with van der Waals surface area (Å²) < 4.78 is 46.1. The van der Waals surface area contributed by atoms with E-state index in [-0.39, 0.29) is 49.9 Å². The number of rotatable bonds is 10. The molecule has 7 nitrogen and oxygen atoms in total. The molecule has 0 aliphatic heterocycles. The van der Waals surface area contributed by atoms with E-state index in [1.165, 1.54) is 17.5 Å². The van der Waals surface area contributed by atoms with Crippen LogP contribution in [0, 0.1) is 5.92 Å². The molecule has 1 heterocycles. The highest BCUT2D eigenvalue weighted by atomic mass is 79.9. The minimum atomic E-state index is -3.79. The Morgan fingerprint density at radius 2 is 2.10 bits per heavy atom. The molecule has 0 unspecified atom stereocenters. The lowest BCUT2D eigenvalue weighted by Gasteiger charge is -2.34. The molecule has 3 rings (SSSR count). The zero-order valence-electron chi connectivity index (χ0n) is 16.1. The van der Waals surface area contributed by atoms with Gasteiger partial charge >= 0.3 is 0 Å². The Bertz CT molecular complexity index is 954. The van der Waals surface area contributed by atoms with Gasteiger partial charge in [0.25, 0.3) is 0 Å². The second-order valence-electron chi connectivity index (χ2n) is 7.16. The Labute approximate surface area is 178 Å². The number of nitrogens with zero attached hydrogens (tertiary/aromatic N) is 2. The Kier molecular flexibility index (Phi) is 7.44. The molecule has 10 heteroatoms. The van der Waals surface area contributed by atoms with Crippen molar-refractivity contribution in [3.05, 3.63) is 28.9 Å². The lowest BCUT2D eigenvalue weighted by Crippen LogP contribution is -2.36. The number of anilines is 1. The average Bonchev–Trinajstić information content (AvgIpc) is 2.66. The number of hydrogen-bond donors (Lipinski definition) is 2. The molecule has 1 aromatic heterocycles. The van der Waals surface area contributed by atoms with Gasteiger partial charge in [0, 0.05) is 41.1 Å². The number of ether oxygens (including phenoxy) is 1. The van der Waals surface area contributed by atoms with Crippen molar-refractivity contribution in [1.82, 2.24) is 9.29 Å². The van der Waals surface area contributed by atoms with E-state index >= 15 is 0 Å². The molecule has 2 N–H and O–H groups in total. The maximum absolute atomic E-state index is 13.1. The molecular weight excluding hydrogens is 465 g/mol. The van der Waals surface area contributed by atoms with Gasteiger partial charge in [-0.25, -0.2) is 13.4 Å². The fourth-order valence-corrected chi connectivity index (χ4v) is 4.97. The fourth-order valence-electron chi connectivity index (χ4n) is 3.33. The Balaban J connectivity index is 1.88. The van der Waals surface area contributed by atoms with Crippen LogP contribution in [0.5, 0.6) is 0 Å². The first kappa shape index (κ1) is 22.4. The average molecular weight is 490 g/mol.